The Morgan fingerprint density at radius 3 is 2.83 bits per heavy atom. The first kappa shape index (κ1) is 18.8. The number of rotatable bonds is 2. The maximum absolute atomic E-state index is 13.5. The second-order valence-electron chi connectivity index (χ2n) is 7.63. The smallest absolute Gasteiger partial charge is 0.317 e. The molecule has 30 heavy (non-hydrogen) atoms. The Morgan fingerprint density at radius 2 is 2.13 bits per heavy atom. The fourth-order valence-electron chi connectivity index (χ4n) is 4.23. The predicted molar refractivity (Wildman–Crippen MR) is 110 cm³/mol. The third kappa shape index (κ3) is 2.51. The number of esters is 1. The number of carbonyl (C=O) groups excluding carboxylic acids is 1. The maximum atomic E-state index is 13.5. The Balaban J connectivity index is 1.81. The van der Waals surface area contributed by atoms with E-state index >= 15 is 0 Å². The highest BCUT2D eigenvalue weighted by atomic mass is 32.1. The van der Waals surface area contributed by atoms with E-state index in [1.807, 2.05) is 44.3 Å². The molecule has 4 heterocycles. The van der Waals surface area contributed by atoms with E-state index in [9.17, 15) is 9.59 Å². The van der Waals surface area contributed by atoms with Crippen molar-refractivity contribution in [3.8, 4) is 5.75 Å². The van der Waals surface area contributed by atoms with Gasteiger partial charge in [0.1, 0.15) is 11.7 Å². The molecular formula is C21H20N4O4S. The van der Waals surface area contributed by atoms with Crippen LogP contribution in [-0.2, 0) is 16.6 Å². The van der Waals surface area contributed by atoms with Gasteiger partial charge in [0.15, 0.2) is 4.80 Å². The van der Waals surface area contributed by atoms with Crippen LogP contribution in [0.1, 0.15) is 29.8 Å². The number of carbonyl (C=O) groups is 1. The number of benzene rings is 1. The van der Waals surface area contributed by atoms with Gasteiger partial charge in [-0.2, -0.15) is 5.10 Å². The predicted octanol–water partition coefficient (Wildman–Crippen LogP) is 0.901. The molecule has 2 aromatic heterocycles. The molecule has 8 nitrogen and oxygen atoms in total. The number of aryl methyl sites for hydroxylation is 1. The van der Waals surface area contributed by atoms with E-state index in [-0.39, 0.29) is 5.56 Å². The molecule has 0 fully saturated rings. The summed E-state index contributed by atoms with van der Waals surface area (Å²) >= 11 is 1.29. The maximum Gasteiger partial charge on any atom is 0.317 e. The summed E-state index contributed by atoms with van der Waals surface area (Å²) < 4.78 is 15.1. The van der Waals surface area contributed by atoms with Crippen LogP contribution in [0.25, 0.3) is 6.08 Å². The molecule has 0 radical (unpaired) electrons. The molecule has 0 saturated carbocycles. The Morgan fingerprint density at radius 1 is 1.37 bits per heavy atom. The van der Waals surface area contributed by atoms with E-state index in [0.29, 0.717) is 15.1 Å². The molecule has 0 saturated heterocycles. The summed E-state index contributed by atoms with van der Waals surface area (Å²) in [5.74, 6) is -0.616. The molecule has 0 aliphatic carbocycles. The topological polar surface area (TPSA) is 87.7 Å². The van der Waals surface area contributed by atoms with Gasteiger partial charge in [0.2, 0.25) is 5.72 Å². The average molecular weight is 424 g/mol. The fraction of sp³-hybridized carbons (Fsp3) is 0.333. The van der Waals surface area contributed by atoms with Crippen molar-refractivity contribution in [1.29, 1.82) is 0 Å². The van der Waals surface area contributed by atoms with Crippen molar-refractivity contribution in [3.63, 3.8) is 0 Å². The molecule has 2 aliphatic rings. The molecule has 9 heteroatoms. The SMILES string of the molecule is COC(=O)[C@@H]1[C@H]2c3ccccc3O[C@@]1(C)N=c1sc(=Cc3cnn(C)c3C)c(=O)n12. The van der Waals surface area contributed by atoms with Gasteiger partial charge in [0, 0.05) is 23.9 Å². The molecule has 0 N–H and O–H groups in total. The summed E-state index contributed by atoms with van der Waals surface area (Å²) in [6.07, 6.45) is 3.55. The van der Waals surface area contributed by atoms with Crippen LogP contribution < -0.4 is 19.6 Å². The van der Waals surface area contributed by atoms with Crippen LogP contribution in [0.3, 0.4) is 0 Å². The second kappa shape index (κ2) is 6.40. The standard InChI is InChI=1S/C21H20N4O4S/c1-11-12(10-22-24(11)3)9-15-18(26)25-17-13-7-5-6-8-14(13)29-21(2,23-20(25)30-15)16(17)19(27)28-4/h5-10,16-17H,1-4H3/t16-,17+,21+/m0/s1. The van der Waals surface area contributed by atoms with Gasteiger partial charge >= 0.3 is 5.97 Å². The van der Waals surface area contributed by atoms with Gasteiger partial charge in [-0.25, -0.2) is 4.99 Å². The number of hydrogen-bond donors (Lipinski definition) is 0. The van der Waals surface area contributed by atoms with Crippen molar-refractivity contribution in [2.75, 3.05) is 7.11 Å². The molecule has 2 aliphatic heterocycles. The molecule has 0 amide bonds. The van der Waals surface area contributed by atoms with Crippen molar-refractivity contribution >= 4 is 23.4 Å². The Bertz CT molecular complexity index is 1370. The van der Waals surface area contributed by atoms with Crippen LogP contribution in [0.15, 0.2) is 40.2 Å². The lowest BCUT2D eigenvalue weighted by Crippen LogP contribution is -2.58. The van der Waals surface area contributed by atoms with E-state index in [1.165, 1.54) is 18.4 Å². The molecule has 3 aromatic rings. The number of hydrogen-bond acceptors (Lipinski definition) is 7. The quantitative estimate of drug-likeness (QED) is 0.571. The van der Waals surface area contributed by atoms with E-state index in [4.69, 9.17) is 14.5 Å². The zero-order valence-corrected chi connectivity index (χ0v) is 17.8. The highest BCUT2D eigenvalue weighted by Crippen LogP contribution is 2.47. The lowest BCUT2D eigenvalue weighted by Gasteiger charge is -2.44. The molecule has 3 atom stereocenters. The first-order valence-corrected chi connectivity index (χ1v) is 10.3. The molecule has 5 rings (SSSR count). The number of ether oxygens (including phenoxy) is 2. The molecule has 0 spiro atoms. The number of aromatic nitrogens is 3. The Labute approximate surface area is 175 Å². The van der Waals surface area contributed by atoms with Crippen molar-refractivity contribution in [3.05, 3.63) is 67.0 Å². The average Bonchev–Trinajstić information content (AvgIpc) is 3.19. The summed E-state index contributed by atoms with van der Waals surface area (Å²) in [6.45, 7) is 3.71. The Kier molecular flexibility index (Phi) is 4.01. The number of thiazole rings is 1. The van der Waals surface area contributed by atoms with E-state index in [1.54, 1.807) is 22.4 Å². The van der Waals surface area contributed by atoms with E-state index in [0.717, 1.165) is 16.8 Å². The summed E-state index contributed by atoms with van der Waals surface area (Å²) in [7, 11) is 3.19. The number of fused-ring (bicyclic) bond motifs is 6. The second-order valence-corrected chi connectivity index (χ2v) is 8.64. The molecule has 154 valence electrons. The summed E-state index contributed by atoms with van der Waals surface area (Å²) in [4.78, 5) is 31.5. The highest BCUT2D eigenvalue weighted by Gasteiger charge is 2.55. The molecule has 0 unspecified atom stereocenters. The van der Waals surface area contributed by atoms with Gasteiger partial charge in [-0.1, -0.05) is 29.5 Å². The highest BCUT2D eigenvalue weighted by molar-refractivity contribution is 7.07. The van der Waals surface area contributed by atoms with Crippen LogP contribution in [0.2, 0.25) is 0 Å². The van der Waals surface area contributed by atoms with E-state index in [2.05, 4.69) is 5.10 Å². The molecule has 2 bridgehead atoms. The van der Waals surface area contributed by atoms with Gasteiger partial charge in [-0.05, 0) is 26.0 Å². The lowest BCUT2D eigenvalue weighted by atomic mass is 9.81. The minimum atomic E-state index is -1.16. The van der Waals surface area contributed by atoms with Crippen LogP contribution >= 0.6 is 11.3 Å². The molecule has 1 aromatic carbocycles. The third-order valence-electron chi connectivity index (χ3n) is 5.89. The summed E-state index contributed by atoms with van der Waals surface area (Å²) in [5.41, 5.74) is 1.23. The fourth-order valence-corrected chi connectivity index (χ4v) is 5.32. The Hall–Kier alpha value is -3.20. The first-order valence-electron chi connectivity index (χ1n) is 9.51. The van der Waals surface area contributed by atoms with Crippen molar-refractivity contribution < 1.29 is 14.3 Å². The van der Waals surface area contributed by atoms with Crippen LogP contribution in [-0.4, -0.2) is 33.2 Å². The zero-order valence-electron chi connectivity index (χ0n) is 16.9. The zero-order chi connectivity index (χ0) is 21.2. The van der Waals surface area contributed by atoms with E-state index < -0.39 is 23.7 Å². The van der Waals surface area contributed by atoms with Crippen molar-refractivity contribution in [2.45, 2.75) is 25.6 Å². The summed E-state index contributed by atoms with van der Waals surface area (Å²) in [6, 6.07) is 6.88. The van der Waals surface area contributed by atoms with Crippen LogP contribution in [0, 0.1) is 12.8 Å². The summed E-state index contributed by atoms with van der Waals surface area (Å²) in [5, 5.41) is 4.24. The number of nitrogens with zero attached hydrogens (tertiary/aromatic N) is 4. The number of methoxy groups -OCH3 is 1. The minimum absolute atomic E-state index is 0.195. The van der Waals surface area contributed by atoms with Gasteiger partial charge in [0.25, 0.3) is 5.56 Å². The first-order chi connectivity index (χ1) is 14.3. The van der Waals surface area contributed by atoms with Gasteiger partial charge in [-0.15, -0.1) is 0 Å². The van der Waals surface area contributed by atoms with Crippen LogP contribution in [0.5, 0.6) is 5.75 Å². The normalized spacial score (nSPS) is 24.5. The van der Waals surface area contributed by atoms with Crippen LogP contribution in [0.4, 0.5) is 0 Å². The van der Waals surface area contributed by atoms with Gasteiger partial charge < -0.3 is 9.47 Å². The van der Waals surface area contributed by atoms with Gasteiger partial charge in [0.05, 0.1) is 23.9 Å². The monoisotopic (exact) mass is 424 g/mol. The lowest BCUT2D eigenvalue weighted by molar-refractivity contribution is -0.158. The third-order valence-corrected chi connectivity index (χ3v) is 6.88. The molecular weight excluding hydrogens is 404 g/mol. The minimum Gasteiger partial charge on any atom is -0.469 e. The van der Waals surface area contributed by atoms with Crippen molar-refractivity contribution in [1.82, 2.24) is 14.3 Å². The van der Waals surface area contributed by atoms with Gasteiger partial charge in [-0.3, -0.25) is 18.8 Å². The number of para-hydroxylation sites is 1. The largest absolute Gasteiger partial charge is 0.469 e. The van der Waals surface area contributed by atoms with Crippen molar-refractivity contribution in [2.24, 2.45) is 18.0 Å².